The fraction of sp³-hybridized carbons (Fsp3) is 0.118. The number of pyridine rings is 1. The smallest absolute Gasteiger partial charge is 0.0745 e. The number of hydrogen-bond donors (Lipinski definition) is 1. The third-order valence-corrected chi connectivity index (χ3v) is 3.97. The van der Waals surface area contributed by atoms with Gasteiger partial charge in [0, 0.05) is 23.5 Å². The van der Waals surface area contributed by atoms with Gasteiger partial charge in [0.25, 0.3) is 0 Å². The molecule has 2 aromatic carbocycles. The van der Waals surface area contributed by atoms with E-state index in [0.717, 1.165) is 27.6 Å². The molecule has 0 saturated carbocycles. The van der Waals surface area contributed by atoms with Crippen LogP contribution in [0.2, 0.25) is 0 Å². The minimum Gasteiger partial charge on any atom is -0.396 e. The van der Waals surface area contributed by atoms with Crippen molar-refractivity contribution in [3.8, 4) is 0 Å². The van der Waals surface area contributed by atoms with Crippen molar-refractivity contribution < 1.29 is 0 Å². The molecule has 0 amide bonds. The summed E-state index contributed by atoms with van der Waals surface area (Å²) in [6.07, 6.45) is 1.73. The first-order valence-corrected chi connectivity index (χ1v) is 7.53. The molecule has 0 radical (unpaired) electrons. The summed E-state index contributed by atoms with van der Waals surface area (Å²) in [5, 5.41) is 1.06. The number of aromatic nitrogens is 1. The van der Waals surface area contributed by atoms with Gasteiger partial charge in [0.15, 0.2) is 0 Å². The van der Waals surface area contributed by atoms with Crippen molar-refractivity contribution in [2.45, 2.75) is 6.54 Å². The third-order valence-electron chi connectivity index (χ3n) is 3.47. The van der Waals surface area contributed by atoms with Crippen molar-refractivity contribution >= 4 is 38.2 Å². The van der Waals surface area contributed by atoms with E-state index in [0.29, 0.717) is 5.69 Å². The molecular formula is C17H16BrN3. The van der Waals surface area contributed by atoms with Crippen molar-refractivity contribution in [1.29, 1.82) is 0 Å². The van der Waals surface area contributed by atoms with E-state index in [1.165, 1.54) is 5.56 Å². The average Bonchev–Trinajstić information content (AvgIpc) is 2.47. The monoisotopic (exact) mass is 341 g/mol. The molecule has 0 atom stereocenters. The summed E-state index contributed by atoms with van der Waals surface area (Å²) < 4.78 is 1.02. The molecule has 3 aromatic rings. The number of hydrogen-bond acceptors (Lipinski definition) is 3. The Morgan fingerprint density at radius 2 is 1.90 bits per heavy atom. The van der Waals surface area contributed by atoms with Crippen molar-refractivity contribution in [3.05, 3.63) is 64.8 Å². The quantitative estimate of drug-likeness (QED) is 0.775. The minimum absolute atomic E-state index is 0.694. The molecular weight excluding hydrogens is 326 g/mol. The lowest BCUT2D eigenvalue weighted by atomic mass is 10.1. The molecule has 4 heteroatoms. The number of nitrogens with two attached hydrogens (primary N) is 1. The number of nitrogens with zero attached hydrogens (tertiary/aromatic N) is 2. The highest BCUT2D eigenvalue weighted by molar-refractivity contribution is 9.10. The summed E-state index contributed by atoms with van der Waals surface area (Å²) in [6.45, 7) is 0.802. The van der Waals surface area contributed by atoms with Crippen LogP contribution in [0.25, 0.3) is 10.9 Å². The Morgan fingerprint density at radius 3 is 2.67 bits per heavy atom. The predicted molar refractivity (Wildman–Crippen MR) is 92.4 cm³/mol. The van der Waals surface area contributed by atoms with Gasteiger partial charge in [-0.1, -0.05) is 46.3 Å². The Morgan fingerprint density at radius 1 is 1.14 bits per heavy atom. The number of rotatable bonds is 3. The van der Waals surface area contributed by atoms with Gasteiger partial charge in [0.1, 0.15) is 0 Å². The SMILES string of the molecule is CN(Cc1ccccc1)c1c(N)cnc2ccc(Br)cc12. The number of fused-ring (bicyclic) bond motifs is 1. The standard InChI is InChI=1S/C17H16BrN3/c1-21(11-12-5-3-2-4-6-12)17-14-9-13(18)7-8-16(14)20-10-15(17)19/h2-10H,11,19H2,1H3. The highest BCUT2D eigenvalue weighted by atomic mass is 79.9. The van der Waals surface area contributed by atoms with Crippen LogP contribution in [-0.4, -0.2) is 12.0 Å². The summed E-state index contributed by atoms with van der Waals surface area (Å²) in [5.41, 5.74) is 10.1. The maximum absolute atomic E-state index is 6.17. The zero-order chi connectivity index (χ0) is 14.8. The molecule has 21 heavy (non-hydrogen) atoms. The molecule has 3 rings (SSSR count). The first-order valence-electron chi connectivity index (χ1n) is 6.74. The first kappa shape index (κ1) is 13.9. The molecule has 1 aromatic heterocycles. The van der Waals surface area contributed by atoms with Gasteiger partial charge in [-0.2, -0.15) is 0 Å². The largest absolute Gasteiger partial charge is 0.396 e. The van der Waals surface area contributed by atoms with Crippen molar-refractivity contribution in [3.63, 3.8) is 0 Å². The Kier molecular flexibility index (Phi) is 3.80. The molecule has 3 nitrogen and oxygen atoms in total. The Labute approximate surface area is 132 Å². The van der Waals surface area contributed by atoms with Crippen LogP contribution in [0.1, 0.15) is 5.56 Å². The van der Waals surface area contributed by atoms with Crippen molar-refractivity contribution in [2.24, 2.45) is 0 Å². The number of halogens is 1. The summed E-state index contributed by atoms with van der Waals surface area (Å²) >= 11 is 3.52. The number of anilines is 2. The highest BCUT2D eigenvalue weighted by Gasteiger charge is 2.12. The lowest BCUT2D eigenvalue weighted by Gasteiger charge is -2.23. The van der Waals surface area contributed by atoms with Gasteiger partial charge >= 0.3 is 0 Å². The highest BCUT2D eigenvalue weighted by Crippen LogP contribution is 2.33. The first-order chi connectivity index (χ1) is 10.1. The maximum Gasteiger partial charge on any atom is 0.0745 e. The third kappa shape index (κ3) is 2.85. The molecule has 0 fully saturated rings. The molecule has 0 saturated heterocycles. The molecule has 106 valence electrons. The van der Waals surface area contributed by atoms with Crippen LogP contribution in [0.5, 0.6) is 0 Å². The second-order valence-electron chi connectivity index (χ2n) is 5.07. The normalized spacial score (nSPS) is 10.8. The molecule has 2 N–H and O–H groups in total. The zero-order valence-corrected chi connectivity index (χ0v) is 13.3. The Hall–Kier alpha value is -2.07. The van der Waals surface area contributed by atoms with Crippen LogP contribution in [0, 0.1) is 0 Å². The van der Waals surface area contributed by atoms with Crippen LogP contribution >= 0.6 is 15.9 Å². The molecule has 0 bridgehead atoms. The van der Waals surface area contributed by atoms with Gasteiger partial charge in [-0.25, -0.2) is 0 Å². The van der Waals surface area contributed by atoms with Gasteiger partial charge in [0.2, 0.25) is 0 Å². The van der Waals surface area contributed by atoms with Gasteiger partial charge in [-0.05, 0) is 23.8 Å². The van der Waals surface area contributed by atoms with E-state index in [-0.39, 0.29) is 0 Å². The Bertz CT molecular complexity index is 766. The second kappa shape index (κ2) is 5.74. The van der Waals surface area contributed by atoms with E-state index in [1.807, 2.05) is 30.3 Å². The van der Waals surface area contributed by atoms with Crippen LogP contribution in [-0.2, 0) is 6.54 Å². The Balaban J connectivity index is 2.06. The van der Waals surface area contributed by atoms with E-state index in [9.17, 15) is 0 Å². The topological polar surface area (TPSA) is 42.1 Å². The van der Waals surface area contributed by atoms with Crippen LogP contribution in [0.3, 0.4) is 0 Å². The van der Waals surface area contributed by atoms with E-state index in [4.69, 9.17) is 5.73 Å². The second-order valence-corrected chi connectivity index (χ2v) is 5.98. The van der Waals surface area contributed by atoms with E-state index >= 15 is 0 Å². The van der Waals surface area contributed by atoms with Gasteiger partial charge in [-0.15, -0.1) is 0 Å². The summed E-state index contributed by atoms with van der Waals surface area (Å²) in [5.74, 6) is 0. The van der Waals surface area contributed by atoms with Crippen LogP contribution < -0.4 is 10.6 Å². The molecule has 0 aliphatic carbocycles. The van der Waals surface area contributed by atoms with E-state index in [1.54, 1.807) is 6.20 Å². The summed E-state index contributed by atoms with van der Waals surface area (Å²) in [4.78, 5) is 6.57. The summed E-state index contributed by atoms with van der Waals surface area (Å²) in [7, 11) is 2.05. The maximum atomic E-state index is 6.17. The van der Waals surface area contributed by atoms with E-state index < -0.39 is 0 Å². The molecule has 0 aliphatic heterocycles. The van der Waals surface area contributed by atoms with E-state index in [2.05, 4.69) is 51.1 Å². The number of benzene rings is 2. The van der Waals surface area contributed by atoms with Gasteiger partial charge in [0.05, 0.1) is 23.1 Å². The van der Waals surface area contributed by atoms with Crippen molar-refractivity contribution in [1.82, 2.24) is 4.98 Å². The molecule has 0 spiro atoms. The molecule has 0 aliphatic rings. The molecule has 0 unspecified atom stereocenters. The van der Waals surface area contributed by atoms with Gasteiger partial charge in [-0.3, -0.25) is 4.98 Å². The fourth-order valence-corrected chi connectivity index (χ4v) is 2.89. The molecule has 1 heterocycles. The minimum atomic E-state index is 0.694. The average molecular weight is 342 g/mol. The fourth-order valence-electron chi connectivity index (χ4n) is 2.53. The van der Waals surface area contributed by atoms with Gasteiger partial charge < -0.3 is 10.6 Å². The lowest BCUT2D eigenvalue weighted by Crippen LogP contribution is -2.18. The zero-order valence-electron chi connectivity index (χ0n) is 11.8. The predicted octanol–water partition coefficient (Wildman–Crippen LogP) is 4.22. The summed E-state index contributed by atoms with van der Waals surface area (Å²) in [6, 6.07) is 16.4. The van der Waals surface area contributed by atoms with Crippen molar-refractivity contribution in [2.75, 3.05) is 17.7 Å². The number of nitrogen functional groups attached to an aromatic ring is 1. The van der Waals surface area contributed by atoms with Crippen LogP contribution in [0.4, 0.5) is 11.4 Å². The van der Waals surface area contributed by atoms with Crippen LogP contribution in [0.15, 0.2) is 59.2 Å². The lowest BCUT2D eigenvalue weighted by molar-refractivity contribution is 0.928.